The smallest absolute Gasteiger partial charge is 0.219 e. The number of rotatable bonds is 5. The maximum atomic E-state index is 10.4. The SMILES string of the molecule is CCCn1nccc1C(O)c1cccnc1OC. The molecule has 0 aromatic carbocycles. The van der Waals surface area contributed by atoms with Gasteiger partial charge in [-0.2, -0.15) is 5.10 Å². The van der Waals surface area contributed by atoms with Gasteiger partial charge >= 0.3 is 0 Å². The van der Waals surface area contributed by atoms with Crippen LogP contribution in [0.4, 0.5) is 0 Å². The highest BCUT2D eigenvalue weighted by Crippen LogP contribution is 2.27. The summed E-state index contributed by atoms with van der Waals surface area (Å²) in [5.74, 6) is 0.439. The van der Waals surface area contributed by atoms with Crippen LogP contribution in [0.15, 0.2) is 30.6 Å². The zero-order valence-corrected chi connectivity index (χ0v) is 10.6. The standard InChI is InChI=1S/C13H17N3O2/c1-3-9-16-11(6-8-15-16)12(17)10-5-4-7-14-13(10)18-2/h4-8,12,17H,3,9H2,1-2H3. The lowest BCUT2D eigenvalue weighted by Gasteiger charge is -2.15. The van der Waals surface area contributed by atoms with Crippen molar-refractivity contribution >= 4 is 0 Å². The molecule has 5 heteroatoms. The Morgan fingerprint density at radius 3 is 2.94 bits per heavy atom. The van der Waals surface area contributed by atoms with E-state index in [1.54, 1.807) is 36.3 Å². The van der Waals surface area contributed by atoms with E-state index >= 15 is 0 Å². The molecular weight excluding hydrogens is 230 g/mol. The molecule has 0 bridgehead atoms. The highest BCUT2D eigenvalue weighted by atomic mass is 16.5. The summed E-state index contributed by atoms with van der Waals surface area (Å²) in [6, 6.07) is 5.40. The van der Waals surface area contributed by atoms with Gasteiger partial charge < -0.3 is 9.84 Å². The van der Waals surface area contributed by atoms with Gasteiger partial charge in [0.25, 0.3) is 0 Å². The molecule has 1 atom stereocenters. The van der Waals surface area contributed by atoms with Gasteiger partial charge in [0.2, 0.25) is 5.88 Å². The fourth-order valence-corrected chi connectivity index (χ4v) is 1.92. The molecule has 0 aliphatic rings. The molecule has 0 aliphatic heterocycles. The lowest BCUT2D eigenvalue weighted by atomic mass is 10.1. The predicted octanol–water partition coefficient (Wildman–Crippen LogP) is 1.78. The van der Waals surface area contributed by atoms with Crippen LogP contribution in [0, 0.1) is 0 Å². The monoisotopic (exact) mass is 247 g/mol. The first-order valence-corrected chi connectivity index (χ1v) is 5.96. The predicted molar refractivity (Wildman–Crippen MR) is 67.4 cm³/mol. The van der Waals surface area contributed by atoms with Crippen molar-refractivity contribution in [2.24, 2.45) is 0 Å². The van der Waals surface area contributed by atoms with E-state index in [0.29, 0.717) is 11.4 Å². The number of hydrogen-bond acceptors (Lipinski definition) is 4. The van der Waals surface area contributed by atoms with Crippen molar-refractivity contribution in [2.45, 2.75) is 26.0 Å². The summed E-state index contributed by atoms with van der Waals surface area (Å²) in [6.07, 6.45) is 3.52. The molecule has 0 spiro atoms. The molecule has 0 saturated heterocycles. The molecule has 96 valence electrons. The van der Waals surface area contributed by atoms with Crippen LogP contribution in [-0.4, -0.2) is 27.0 Å². The first-order chi connectivity index (χ1) is 8.77. The Bertz CT molecular complexity index is 510. The van der Waals surface area contributed by atoms with E-state index in [0.717, 1.165) is 18.7 Å². The fourth-order valence-electron chi connectivity index (χ4n) is 1.92. The lowest BCUT2D eigenvalue weighted by Crippen LogP contribution is -2.11. The van der Waals surface area contributed by atoms with E-state index in [1.807, 2.05) is 6.07 Å². The maximum absolute atomic E-state index is 10.4. The number of methoxy groups -OCH3 is 1. The van der Waals surface area contributed by atoms with Crippen molar-refractivity contribution in [1.29, 1.82) is 0 Å². The molecule has 2 rings (SSSR count). The van der Waals surface area contributed by atoms with Gasteiger partial charge in [0, 0.05) is 24.5 Å². The minimum absolute atomic E-state index is 0.439. The third-order valence-electron chi connectivity index (χ3n) is 2.75. The van der Waals surface area contributed by atoms with Crippen LogP contribution in [0.2, 0.25) is 0 Å². The Kier molecular flexibility index (Phi) is 3.94. The van der Waals surface area contributed by atoms with Gasteiger partial charge in [0.15, 0.2) is 0 Å². The number of aryl methyl sites for hydroxylation is 1. The second-order valence-electron chi connectivity index (χ2n) is 3.98. The normalized spacial score (nSPS) is 12.4. The van der Waals surface area contributed by atoms with Crippen molar-refractivity contribution in [3.63, 3.8) is 0 Å². The summed E-state index contributed by atoms with van der Waals surface area (Å²) in [6.45, 7) is 2.85. The highest BCUT2D eigenvalue weighted by Gasteiger charge is 2.19. The Morgan fingerprint density at radius 2 is 2.22 bits per heavy atom. The van der Waals surface area contributed by atoms with Crippen LogP contribution >= 0.6 is 0 Å². The van der Waals surface area contributed by atoms with Crippen molar-refractivity contribution in [3.8, 4) is 5.88 Å². The Hall–Kier alpha value is -1.88. The third kappa shape index (κ3) is 2.36. The third-order valence-corrected chi connectivity index (χ3v) is 2.75. The van der Waals surface area contributed by atoms with E-state index in [9.17, 15) is 5.11 Å². The van der Waals surface area contributed by atoms with Crippen LogP contribution in [0.3, 0.4) is 0 Å². The van der Waals surface area contributed by atoms with E-state index < -0.39 is 6.10 Å². The highest BCUT2D eigenvalue weighted by molar-refractivity contribution is 5.33. The molecule has 0 fully saturated rings. The van der Waals surface area contributed by atoms with Crippen LogP contribution in [-0.2, 0) is 6.54 Å². The van der Waals surface area contributed by atoms with Gasteiger partial charge in [-0.05, 0) is 24.6 Å². The zero-order chi connectivity index (χ0) is 13.0. The first-order valence-electron chi connectivity index (χ1n) is 5.96. The maximum Gasteiger partial charge on any atom is 0.219 e. The molecule has 18 heavy (non-hydrogen) atoms. The second kappa shape index (κ2) is 5.64. The van der Waals surface area contributed by atoms with Gasteiger partial charge in [-0.3, -0.25) is 4.68 Å². The number of ether oxygens (including phenoxy) is 1. The number of aromatic nitrogens is 3. The number of nitrogens with zero attached hydrogens (tertiary/aromatic N) is 3. The number of pyridine rings is 1. The van der Waals surface area contributed by atoms with E-state index in [4.69, 9.17) is 4.74 Å². The summed E-state index contributed by atoms with van der Waals surface area (Å²) >= 11 is 0. The molecule has 5 nitrogen and oxygen atoms in total. The lowest BCUT2D eigenvalue weighted by molar-refractivity contribution is 0.201. The molecular formula is C13H17N3O2. The Morgan fingerprint density at radius 1 is 1.39 bits per heavy atom. The van der Waals surface area contributed by atoms with Crippen molar-refractivity contribution in [2.75, 3.05) is 7.11 Å². The van der Waals surface area contributed by atoms with Crippen molar-refractivity contribution in [3.05, 3.63) is 41.9 Å². The zero-order valence-electron chi connectivity index (χ0n) is 10.6. The number of aliphatic hydroxyl groups is 1. The summed E-state index contributed by atoms with van der Waals surface area (Å²) in [5, 5.41) is 14.6. The summed E-state index contributed by atoms with van der Waals surface area (Å²) in [7, 11) is 1.54. The van der Waals surface area contributed by atoms with Gasteiger partial charge in [-0.1, -0.05) is 6.92 Å². The minimum atomic E-state index is -0.775. The second-order valence-corrected chi connectivity index (χ2v) is 3.98. The summed E-state index contributed by atoms with van der Waals surface area (Å²) in [4.78, 5) is 4.09. The fraction of sp³-hybridized carbons (Fsp3) is 0.385. The molecule has 2 aromatic rings. The molecule has 1 N–H and O–H groups in total. The van der Waals surface area contributed by atoms with E-state index in [2.05, 4.69) is 17.0 Å². The van der Waals surface area contributed by atoms with Crippen molar-refractivity contribution < 1.29 is 9.84 Å². The van der Waals surface area contributed by atoms with E-state index in [-0.39, 0.29) is 0 Å². The van der Waals surface area contributed by atoms with Crippen LogP contribution in [0.5, 0.6) is 5.88 Å². The summed E-state index contributed by atoms with van der Waals surface area (Å²) < 4.78 is 6.97. The summed E-state index contributed by atoms with van der Waals surface area (Å²) in [5.41, 5.74) is 1.40. The number of aliphatic hydroxyl groups excluding tert-OH is 1. The van der Waals surface area contributed by atoms with Crippen LogP contribution in [0.25, 0.3) is 0 Å². The van der Waals surface area contributed by atoms with Gasteiger partial charge in [0.1, 0.15) is 6.10 Å². The first kappa shape index (κ1) is 12.6. The molecule has 0 aliphatic carbocycles. The quantitative estimate of drug-likeness (QED) is 0.875. The molecule has 0 radical (unpaired) electrons. The molecule has 2 aromatic heterocycles. The average molecular weight is 247 g/mol. The van der Waals surface area contributed by atoms with Crippen LogP contribution in [0.1, 0.15) is 30.7 Å². The molecule has 0 saturated carbocycles. The average Bonchev–Trinajstić information content (AvgIpc) is 2.86. The Balaban J connectivity index is 2.35. The van der Waals surface area contributed by atoms with Crippen LogP contribution < -0.4 is 4.74 Å². The minimum Gasteiger partial charge on any atom is -0.481 e. The van der Waals surface area contributed by atoms with E-state index in [1.165, 1.54) is 0 Å². The van der Waals surface area contributed by atoms with Gasteiger partial charge in [-0.15, -0.1) is 0 Å². The number of hydrogen-bond donors (Lipinski definition) is 1. The molecule has 0 amide bonds. The topological polar surface area (TPSA) is 60.2 Å². The van der Waals surface area contributed by atoms with Crippen molar-refractivity contribution in [1.82, 2.24) is 14.8 Å². The van der Waals surface area contributed by atoms with Gasteiger partial charge in [0.05, 0.1) is 12.8 Å². The molecule has 1 unspecified atom stereocenters. The molecule has 2 heterocycles. The van der Waals surface area contributed by atoms with Gasteiger partial charge in [-0.25, -0.2) is 4.98 Å². The largest absolute Gasteiger partial charge is 0.481 e. The Labute approximate surface area is 106 Å².